The minimum Gasteiger partial charge on any atom is -0.493 e. The minimum absolute atomic E-state index is 0.0173. The SMILES string of the molecule is CCOC(=O)C1=C(C)N(Cc2ccccc2F)C(=O)CC1c1cccc(OC)c1OC. The Morgan fingerprint density at radius 1 is 1.13 bits per heavy atom. The van der Waals surface area contributed by atoms with Crippen molar-refractivity contribution in [2.45, 2.75) is 32.7 Å². The Hall–Kier alpha value is -3.35. The van der Waals surface area contributed by atoms with Gasteiger partial charge in [0.1, 0.15) is 5.82 Å². The number of nitrogens with zero attached hydrogens (tertiary/aromatic N) is 1. The molecule has 0 aromatic heterocycles. The highest BCUT2D eigenvalue weighted by atomic mass is 19.1. The molecule has 0 saturated carbocycles. The highest BCUT2D eigenvalue weighted by Crippen LogP contribution is 2.44. The van der Waals surface area contributed by atoms with Crippen molar-refractivity contribution in [3.63, 3.8) is 0 Å². The summed E-state index contributed by atoms with van der Waals surface area (Å²) in [5, 5.41) is 0. The maximum absolute atomic E-state index is 14.2. The van der Waals surface area contributed by atoms with E-state index < -0.39 is 17.7 Å². The van der Waals surface area contributed by atoms with Crippen LogP contribution < -0.4 is 9.47 Å². The van der Waals surface area contributed by atoms with E-state index in [0.717, 1.165) is 0 Å². The van der Waals surface area contributed by atoms with Crippen LogP contribution in [0.25, 0.3) is 0 Å². The van der Waals surface area contributed by atoms with E-state index in [0.29, 0.717) is 33.9 Å². The fourth-order valence-corrected chi connectivity index (χ4v) is 3.93. The zero-order valence-corrected chi connectivity index (χ0v) is 18.1. The Kier molecular flexibility index (Phi) is 6.95. The highest BCUT2D eigenvalue weighted by molar-refractivity contribution is 5.96. The van der Waals surface area contributed by atoms with Crippen molar-refractivity contribution in [3.8, 4) is 11.5 Å². The predicted molar refractivity (Wildman–Crippen MR) is 113 cm³/mol. The van der Waals surface area contributed by atoms with E-state index in [-0.39, 0.29) is 25.5 Å². The Balaban J connectivity index is 2.12. The molecule has 0 spiro atoms. The molecule has 1 atom stereocenters. The normalized spacial score (nSPS) is 16.4. The van der Waals surface area contributed by atoms with Crippen molar-refractivity contribution in [3.05, 3.63) is 70.7 Å². The number of hydrogen-bond donors (Lipinski definition) is 0. The summed E-state index contributed by atoms with van der Waals surface area (Å²) in [6.07, 6.45) is 0.0173. The van der Waals surface area contributed by atoms with Crippen molar-refractivity contribution < 1.29 is 28.2 Å². The molecule has 31 heavy (non-hydrogen) atoms. The maximum Gasteiger partial charge on any atom is 0.336 e. The zero-order valence-electron chi connectivity index (χ0n) is 18.1. The summed E-state index contributed by atoms with van der Waals surface area (Å²) < 4.78 is 30.5. The first-order valence-corrected chi connectivity index (χ1v) is 10.0. The number of esters is 1. The monoisotopic (exact) mass is 427 g/mol. The third kappa shape index (κ3) is 4.40. The third-order valence-electron chi connectivity index (χ3n) is 5.41. The van der Waals surface area contributed by atoms with Crippen molar-refractivity contribution >= 4 is 11.9 Å². The van der Waals surface area contributed by atoms with E-state index >= 15 is 0 Å². The minimum atomic E-state index is -0.575. The van der Waals surface area contributed by atoms with E-state index in [1.54, 1.807) is 50.2 Å². The molecule has 164 valence electrons. The summed E-state index contributed by atoms with van der Waals surface area (Å²) in [7, 11) is 3.04. The molecule has 0 aliphatic carbocycles. The van der Waals surface area contributed by atoms with Crippen molar-refractivity contribution in [1.29, 1.82) is 0 Å². The fraction of sp³-hybridized carbons (Fsp3) is 0.333. The van der Waals surface area contributed by atoms with Crippen LogP contribution in [0.1, 0.15) is 37.3 Å². The molecule has 7 heteroatoms. The molecule has 0 saturated heterocycles. The predicted octanol–water partition coefficient (Wildman–Crippen LogP) is 4.20. The third-order valence-corrected chi connectivity index (χ3v) is 5.41. The second-order valence-corrected chi connectivity index (χ2v) is 7.13. The van der Waals surface area contributed by atoms with E-state index in [4.69, 9.17) is 14.2 Å². The largest absolute Gasteiger partial charge is 0.493 e. The van der Waals surface area contributed by atoms with E-state index in [9.17, 15) is 14.0 Å². The van der Waals surface area contributed by atoms with Crippen LogP contribution in [0.3, 0.4) is 0 Å². The molecule has 2 aromatic rings. The smallest absolute Gasteiger partial charge is 0.336 e. The highest BCUT2D eigenvalue weighted by Gasteiger charge is 2.38. The van der Waals surface area contributed by atoms with Gasteiger partial charge in [0.05, 0.1) is 32.9 Å². The lowest BCUT2D eigenvalue weighted by Crippen LogP contribution is -2.38. The number of carbonyl (C=O) groups excluding carboxylic acids is 2. The molecule has 2 aromatic carbocycles. The van der Waals surface area contributed by atoms with Gasteiger partial charge in [-0.2, -0.15) is 0 Å². The molecule has 0 N–H and O–H groups in total. The van der Waals surface area contributed by atoms with Crippen LogP contribution in [0.2, 0.25) is 0 Å². The van der Waals surface area contributed by atoms with Crippen LogP contribution in [0.5, 0.6) is 11.5 Å². The van der Waals surface area contributed by atoms with E-state index in [1.807, 2.05) is 0 Å². The number of halogens is 1. The number of methoxy groups -OCH3 is 2. The average molecular weight is 427 g/mol. The summed E-state index contributed by atoms with van der Waals surface area (Å²) in [4.78, 5) is 27.5. The van der Waals surface area contributed by atoms with Crippen molar-refractivity contribution in [2.75, 3.05) is 20.8 Å². The number of benzene rings is 2. The van der Waals surface area contributed by atoms with Gasteiger partial charge in [0.2, 0.25) is 5.91 Å². The lowest BCUT2D eigenvalue weighted by Gasteiger charge is -2.35. The standard InChI is InChI=1S/C24H26FNO5/c1-5-31-24(28)22-15(2)26(14-16-9-6-7-11-19(16)25)21(27)13-18(22)17-10-8-12-20(29-3)23(17)30-4/h6-12,18H,5,13-14H2,1-4H3. The van der Waals surface area contributed by atoms with Crippen LogP contribution in [0, 0.1) is 5.82 Å². The van der Waals surface area contributed by atoms with Gasteiger partial charge in [0, 0.05) is 29.2 Å². The van der Waals surface area contributed by atoms with Gasteiger partial charge < -0.3 is 19.1 Å². The number of amides is 1. The molecule has 0 fully saturated rings. The van der Waals surface area contributed by atoms with Gasteiger partial charge >= 0.3 is 5.97 Å². The first-order chi connectivity index (χ1) is 14.9. The number of hydrogen-bond acceptors (Lipinski definition) is 5. The molecule has 1 amide bonds. The molecular formula is C24H26FNO5. The number of carbonyl (C=O) groups is 2. The number of ether oxygens (including phenoxy) is 3. The Morgan fingerprint density at radius 2 is 1.87 bits per heavy atom. The van der Waals surface area contributed by atoms with Crippen LogP contribution in [-0.4, -0.2) is 37.6 Å². The molecule has 1 aliphatic heterocycles. The second-order valence-electron chi connectivity index (χ2n) is 7.13. The van der Waals surface area contributed by atoms with Crippen LogP contribution in [0.15, 0.2) is 53.7 Å². The molecule has 1 unspecified atom stereocenters. The fourth-order valence-electron chi connectivity index (χ4n) is 3.93. The van der Waals surface area contributed by atoms with Gasteiger partial charge in [-0.25, -0.2) is 9.18 Å². The number of rotatable bonds is 7. The molecule has 1 aliphatic rings. The van der Waals surface area contributed by atoms with Crippen LogP contribution in [-0.2, 0) is 20.9 Å². The van der Waals surface area contributed by atoms with Crippen LogP contribution >= 0.6 is 0 Å². The average Bonchev–Trinajstić information content (AvgIpc) is 2.76. The zero-order chi connectivity index (χ0) is 22.5. The maximum atomic E-state index is 14.2. The van der Waals surface area contributed by atoms with Gasteiger partial charge in [-0.15, -0.1) is 0 Å². The summed E-state index contributed by atoms with van der Waals surface area (Å²) in [5.41, 5.74) is 1.82. The summed E-state index contributed by atoms with van der Waals surface area (Å²) >= 11 is 0. The topological polar surface area (TPSA) is 65.1 Å². The summed E-state index contributed by atoms with van der Waals surface area (Å²) in [6, 6.07) is 11.6. The summed E-state index contributed by atoms with van der Waals surface area (Å²) in [6.45, 7) is 3.63. The number of allylic oxidation sites excluding steroid dienone is 1. The molecule has 3 rings (SSSR count). The molecular weight excluding hydrogens is 401 g/mol. The van der Waals surface area contributed by atoms with E-state index in [1.165, 1.54) is 25.2 Å². The molecule has 1 heterocycles. The quantitative estimate of drug-likeness (QED) is 0.620. The summed E-state index contributed by atoms with van der Waals surface area (Å²) in [5.74, 6) is -0.752. The van der Waals surface area contributed by atoms with Crippen molar-refractivity contribution in [1.82, 2.24) is 4.90 Å². The van der Waals surface area contributed by atoms with E-state index in [2.05, 4.69) is 0 Å². The second kappa shape index (κ2) is 9.64. The Labute approximate surface area is 181 Å². The lowest BCUT2D eigenvalue weighted by atomic mass is 9.83. The Bertz CT molecular complexity index is 1020. The van der Waals surface area contributed by atoms with Gasteiger partial charge in [0.25, 0.3) is 0 Å². The van der Waals surface area contributed by atoms with Gasteiger partial charge in [-0.3, -0.25) is 4.79 Å². The number of para-hydroxylation sites is 1. The first-order valence-electron chi connectivity index (χ1n) is 10.0. The molecule has 0 bridgehead atoms. The first kappa shape index (κ1) is 22.3. The Morgan fingerprint density at radius 3 is 2.52 bits per heavy atom. The molecule has 6 nitrogen and oxygen atoms in total. The van der Waals surface area contributed by atoms with Crippen molar-refractivity contribution in [2.24, 2.45) is 0 Å². The van der Waals surface area contributed by atoms with Gasteiger partial charge in [-0.05, 0) is 26.0 Å². The van der Waals surface area contributed by atoms with Gasteiger partial charge in [-0.1, -0.05) is 30.3 Å². The van der Waals surface area contributed by atoms with Gasteiger partial charge in [0.15, 0.2) is 11.5 Å². The van der Waals surface area contributed by atoms with Crippen LogP contribution in [0.4, 0.5) is 4.39 Å². The molecule has 0 radical (unpaired) electrons. The lowest BCUT2D eigenvalue weighted by molar-refractivity contribution is -0.140.